The number of aromatic amines is 1. The zero-order chi connectivity index (χ0) is 20.8. The molecule has 0 aliphatic rings. The van der Waals surface area contributed by atoms with Crippen LogP contribution in [0.4, 0.5) is 0 Å². The molecule has 1 N–H and O–H groups in total. The molecule has 4 rings (SSSR count). The number of hydrogen-bond acceptors (Lipinski definition) is 6. The number of rotatable bonds is 9. The van der Waals surface area contributed by atoms with Gasteiger partial charge in [0.05, 0.1) is 6.61 Å². The van der Waals surface area contributed by atoms with Crippen molar-refractivity contribution < 1.29 is 4.74 Å². The van der Waals surface area contributed by atoms with Crippen molar-refractivity contribution in [3.8, 4) is 28.5 Å². The number of aromatic nitrogens is 7. The lowest BCUT2D eigenvalue weighted by atomic mass is 9.98. The molecule has 0 bridgehead atoms. The summed E-state index contributed by atoms with van der Waals surface area (Å²) >= 11 is 0. The van der Waals surface area contributed by atoms with Gasteiger partial charge < -0.3 is 4.74 Å². The van der Waals surface area contributed by atoms with Crippen LogP contribution in [-0.4, -0.2) is 42.0 Å². The molecule has 0 saturated carbocycles. The molecule has 8 nitrogen and oxygen atoms in total. The van der Waals surface area contributed by atoms with E-state index in [2.05, 4.69) is 68.0 Å². The highest BCUT2D eigenvalue weighted by molar-refractivity contribution is 5.80. The van der Waals surface area contributed by atoms with Gasteiger partial charge in [-0.25, -0.2) is 9.78 Å². The Bertz CT molecular complexity index is 1070. The highest BCUT2D eigenvalue weighted by atomic mass is 16.5. The van der Waals surface area contributed by atoms with Crippen molar-refractivity contribution in [1.29, 1.82) is 0 Å². The Morgan fingerprint density at radius 1 is 1.00 bits per heavy atom. The van der Waals surface area contributed by atoms with E-state index in [-0.39, 0.29) is 0 Å². The molecule has 2 aromatic heterocycles. The van der Waals surface area contributed by atoms with E-state index in [0.29, 0.717) is 24.9 Å². The first-order chi connectivity index (χ1) is 14.8. The molecule has 2 aromatic carbocycles. The Morgan fingerprint density at radius 3 is 2.50 bits per heavy atom. The van der Waals surface area contributed by atoms with E-state index in [0.717, 1.165) is 41.9 Å². The SMILES string of the molecule is CCCCn1nc(OCC)nc1Cc1ccc(-c2ccccc2-c2nnn[nH]2)cc1. The molecule has 0 radical (unpaired) electrons. The summed E-state index contributed by atoms with van der Waals surface area (Å²) in [5.41, 5.74) is 4.32. The maximum atomic E-state index is 5.51. The van der Waals surface area contributed by atoms with Crippen LogP contribution in [0.15, 0.2) is 48.5 Å². The third kappa shape index (κ3) is 4.37. The van der Waals surface area contributed by atoms with Crippen LogP contribution >= 0.6 is 0 Å². The predicted molar refractivity (Wildman–Crippen MR) is 114 cm³/mol. The molecular formula is C22H25N7O. The van der Waals surface area contributed by atoms with Gasteiger partial charge in [0.25, 0.3) is 0 Å². The van der Waals surface area contributed by atoms with E-state index in [9.17, 15) is 0 Å². The molecule has 0 atom stereocenters. The summed E-state index contributed by atoms with van der Waals surface area (Å²) in [5.74, 6) is 1.58. The van der Waals surface area contributed by atoms with Crippen molar-refractivity contribution in [2.75, 3.05) is 6.61 Å². The Kier molecular flexibility index (Phi) is 6.12. The van der Waals surface area contributed by atoms with Gasteiger partial charge in [-0.2, -0.15) is 4.98 Å². The minimum absolute atomic E-state index is 0.454. The highest BCUT2D eigenvalue weighted by Crippen LogP contribution is 2.30. The van der Waals surface area contributed by atoms with Crippen LogP contribution in [0.3, 0.4) is 0 Å². The molecule has 0 unspecified atom stereocenters. The van der Waals surface area contributed by atoms with Crippen LogP contribution < -0.4 is 4.74 Å². The largest absolute Gasteiger partial charge is 0.463 e. The number of tetrazole rings is 1. The molecule has 0 fully saturated rings. The molecule has 0 aliphatic carbocycles. The summed E-state index contributed by atoms with van der Waals surface area (Å²) in [5, 5.41) is 18.8. The van der Waals surface area contributed by atoms with Crippen LogP contribution in [-0.2, 0) is 13.0 Å². The van der Waals surface area contributed by atoms with Gasteiger partial charge in [0.1, 0.15) is 5.82 Å². The van der Waals surface area contributed by atoms with Crippen molar-refractivity contribution in [2.45, 2.75) is 39.7 Å². The summed E-state index contributed by atoms with van der Waals surface area (Å²) < 4.78 is 7.48. The summed E-state index contributed by atoms with van der Waals surface area (Å²) in [6.07, 6.45) is 2.88. The van der Waals surface area contributed by atoms with E-state index in [1.807, 2.05) is 29.8 Å². The van der Waals surface area contributed by atoms with Crippen molar-refractivity contribution in [3.05, 3.63) is 59.9 Å². The monoisotopic (exact) mass is 403 g/mol. The number of H-pyrrole nitrogens is 1. The van der Waals surface area contributed by atoms with Gasteiger partial charge in [0.2, 0.25) is 0 Å². The summed E-state index contributed by atoms with van der Waals surface area (Å²) in [6, 6.07) is 17.0. The first kappa shape index (κ1) is 19.8. The standard InChI is InChI=1S/C22H25N7O/c1-3-5-14-29-20(23-22(26-29)30-4-2)15-16-10-12-17(13-11-16)18-8-6-7-9-19(18)21-24-27-28-25-21/h6-13H,3-5,14-15H2,1-2H3,(H,24,25,27,28). The lowest BCUT2D eigenvalue weighted by molar-refractivity contribution is 0.310. The van der Waals surface area contributed by atoms with Crippen LogP contribution in [0.25, 0.3) is 22.5 Å². The van der Waals surface area contributed by atoms with Crippen molar-refractivity contribution in [1.82, 2.24) is 35.4 Å². The van der Waals surface area contributed by atoms with E-state index >= 15 is 0 Å². The number of unbranched alkanes of at least 4 members (excludes halogenated alkanes) is 1. The van der Waals surface area contributed by atoms with Crippen LogP contribution in [0.1, 0.15) is 38.1 Å². The first-order valence-electron chi connectivity index (χ1n) is 10.3. The normalized spacial score (nSPS) is 11.0. The minimum atomic E-state index is 0.454. The number of aryl methyl sites for hydroxylation is 1. The van der Waals surface area contributed by atoms with E-state index in [1.54, 1.807) is 0 Å². The van der Waals surface area contributed by atoms with Gasteiger partial charge in [-0.3, -0.25) is 0 Å². The maximum absolute atomic E-state index is 5.51. The third-order valence-electron chi connectivity index (χ3n) is 4.88. The van der Waals surface area contributed by atoms with Gasteiger partial charge in [0, 0.05) is 18.5 Å². The summed E-state index contributed by atoms with van der Waals surface area (Å²) in [6.45, 7) is 5.53. The molecule has 0 aliphatic heterocycles. The Hall–Kier alpha value is -3.55. The van der Waals surface area contributed by atoms with Gasteiger partial charge in [-0.15, -0.1) is 10.2 Å². The second-order valence-corrected chi connectivity index (χ2v) is 6.99. The maximum Gasteiger partial charge on any atom is 0.335 e. The average molecular weight is 403 g/mol. The van der Waals surface area contributed by atoms with Gasteiger partial charge >= 0.3 is 6.01 Å². The quantitative estimate of drug-likeness (QED) is 0.455. The number of hydrogen-bond donors (Lipinski definition) is 1. The molecule has 0 saturated heterocycles. The summed E-state index contributed by atoms with van der Waals surface area (Å²) in [7, 11) is 0. The molecule has 0 spiro atoms. The van der Waals surface area contributed by atoms with Crippen LogP contribution in [0.5, 0.6) is 6.01 Å². The fourth-order valence-electron chi connectivity index (χ4n) is 3.36. The Morgan fingerprint density at radius 2 is 1.80 bits per heavy atom. The van der Waals surface area contributed by atoms with Crippen LogP contribution in [0, 0.1) is 0 Å². The number of ether oxygens (including phenoxy) is 1. The van der Waals surface area contributed by atoms with E-state index in [4.69, 9.17) is 4.74 Å². The second-order valence-electron chi connectivity index (χ2n) is 6.99. The zero-order valence-corrected chi connectivity index (χ0v) is 17.2. The Balaban J connectivity index is 1.57. The van der Waals surface area contributed by atoms with Crippen molar-refractivity contribution >= 4 is 0 Å². The lowest BCUT2D eigenvalue weighted by Crippen LogP contribution is -2.06. The van der Waals surface area contributed by atoms with Crippen molar-refractivity contribution in [3.63, 3.8) is 0 Å². The smallest absolute Gasteiger partial charge is 0.335 e. The van der Waals surface area contributed by atoms with Gasteiger partial charge in [-0.1, -0.05) is 61.9 Å². The van der Waals surface area contributed by atoms with Gasteiger partial charge in [-0.05, 0) is 40.5 Å². The van der Waals surface area contributed by atoms with Crippen molar-refractivity contribution in [2.24, 2.45) is 0 Å². The molecule has 4 aromatic rings. The van der Waals surface area contributed by atoms with Crippen LogP contribution in [0.2, 0.25) is 0 Å². The van der Waals surface area contributed by atoms with E-state index < -0.39 is 0 Å². The Labute approximate surface area is 175 Å². The molecule has 2 heterocycles. The molecule has 8 heteroatoms. The number of nitrogens with one attached hydrogen (secondary N) is 1. The highest BCUT2D eigenvalue weighted by Gasteiger charge is 2.13. The minimum Gasteiger partial charge on any atom is -0.463 e. The number of nitrogens with zero attached hydrogens (tertiary/aromatic N) is 6. The molecule has 154 valence electrons. The fourth-order valence-corrected chi connectivity index (χ4v) is 3.36. The molecular weight excluding hydrogens is 378 g/mol. The molecule has 30 heavy (non-hydrogen) atoms. The van der Waals surface area contributed by atoms with E-state index in [1.165, 1.54) is 5.56 Å². The van der Waals surface area contributed by atoms with Gasteiger partial charge in [0.15, 0.2) is 5.82 Å². The average Bonchev–Trinajstić information content (AvgIpc) is 3.44. The predicted octanol–water partition coefficient (Wildman–Crippen LogP) is 3.91. The number of benzene rings is 2. The first-order valence-corrected chi connectivity index (χ1v) is 10.3. The summed E-state index contributed by atoms with van der Waals surface area (Å²) in [4.78, 5) is 4.58. The second kappa shape index (κ2) is 9.30. The lowest BCUT2D eigenvalue weighted by Gasteiger charge is -2.09. The fraction of sp³-hybridized carbons (Fsp3) is 0.318. The topological polar surface area (TPSA) is 94.4 Å². The molecule has 0 amide bonds. The zero-order valence-electron chi connectivity index (χ0n) is 17.2. The third-order valence-corrected chi connectivity index (χ3v) is 4.88.